The van der Waals surface area contributed by atoms with E-state index in [0.717, 1.165) is 23.0 Å². The van der Waals surface area contributed by atoms with Crippen LogP contribution in [0, 0.1) is 11.6 Å². The zero-order chi connectivity index (χ0) is 16.4. The van der Waals surface area contributed by atoms with Gasteiger partial charge >= 0.3 is 0 Å². The summed E-state index contributed by atoms with van der Waals surface area (Å²) in [7, 11) is 0. The van der Waals surface area contributed by atoms with Gasteiger partial charge < -0.3 is 14.5 Å². The second kappa shape index (κ2) is 6.04. The summed E-state index contributed by atoms with van der Waals surface area (Å²) >= 11 is 0. The first-order chi connectivity index (χ1) is 11.0. The van der Waals surface area contributed by atoms with Crippen LogP contribution in [0.15, 0.2) is 54.7 Å². The predicted octanol–water partition coefficient (Wildman–Crippen LogP) is 2.73. The smallest absolute Gasteiger partial charge is 0.126 e. The lowest BCUT2D eigenvalue weighted by atomic mass is 10.1. The first-order valence-electron chi connectivity index (χ1n) is 6.95. The van der Waals surface area contributed by atoms with Crippen molar-refractivity contribution in [1.29, 1.82) is 0 Å². The number of benzene rings is 2. The highest BCUT2D eigenvalue weighted by atomic mass is 19.1. The molecule has 0 fully saturated rings. The molecule has 0 N–H and O–H groups in total. The van der Waals surface area contributed by atoms with Crippen LogP contribution in [0.4, 0.5) is 8.78 Å². The summed E-state index contributed by atoms with van der Waals surface area (Å²) in [5, 5.41) is 11.4. The van der Waals surface area contributed by atoms with Gasteiger partial charge in [-0.3, -0.25) is 0 Å². The van der Waals surface area contributed by atoms with E-state index in [4.69, 9.17) is 0 Å². The fourth-order valence-electron chi connectivity index (χ4n) is 2.60. The van der Waals surface area contributed by atoms with Gasteiger partial charge in [0.1, 0.15) is 11.6 Å². The van der Waals surface area contributed by atoms with Crippen molar-refractivity contribution in [2.24, 2.45) is 0 Å². The van der Waals surface area contributed by atoms with E-state index in [1.807, 2.05) is 28.8 Å². The van der Waals surface area contributed by atoms with Crippen molar-refractivity contribution >= 4 is 22.9 Å². The molecule has 1 heterocycles. The Balaban J connectivity index is 2.05. The van der Waals surface area contributed by atoms with E-state index in [9.17, 15) is 18.7 Å². The zero-order valence-corrected chi connectivity index (χ0v) is 12.0. The number of carboxylic acid groups (broad SMARTS) is 1. The highest BCUT2D eigenvalue weighted by Crippen LogP contribution is 2.24. The quantitative estimate of drug-likeness (QED) is 0.695. The average Bonchev–Trinajstić information content (AvgIpc) is 2.82. The van der Waals surface area contributed by atoms with Gasteiger partial charge in [-0.25, -0.2) is 8.78 Å². The molecule has 3 aromatic rings. The van der Waals surface area contributed by atoms with Crippen LogP contribution < -0.4 is 5.11 Å². The minimum absolute atomic E-state index is 0.272. The summed E-state index contributed by atoms with van der Waals surface area (Å²) in [6, 6.07) is 10.8. The molecule has 0 unspecified atom stereocenters. The molecule has 0 radical (unpaired) electrons. The van der Waals surface area contributed by atoms with Crippen LogP contribution in [-0.4, -0.2) is 10.5 Å². The lowest BCUT2D eigenvalue weighted by molar-refractivity contribution is -0.297. The van der Waals surface area contributed by atoms with Gasteiger partial charge in [-0.15, -0.1) is 0 Å². The number of carbonyl (C=O) groups excluding carboxylic acids is 1. The molecule has 0 spiro atoms. The molecule has 3 rings (SSSR count). The second-order valence-corrected chi connectivity index (χ2v) is 5.16. The van der Waals surface area contributed by atoms with Crippen molar-refractivity contribution in [2.75, 3.05) is 0 Å². The number of rotatable bonds is 4. The summed E-state index contributed by atoms with van der Waals surface area (Å²) in [4.78, 5) is 10.6. The van der Waals surface area contributed by atoms with E-state index in [1.54, 1.807) is 6.20 Å². The Hall–Kier alpha value is -2.95. The number of carbonyl (C=O) groups is 1. The molecule has 0 aliphatic rings. The van der Waals surface area contributed by atoms with Crippen molar-refractivity contribution in [3.05, 3.63) is 77.5 Å². The van der Waals surface area contributed by atoms with Gasteiger partial charge in [-0.2, -0.15) is 0 Å². The largest absolute Gasteiger partial charge is 0.545 e. The lowest BCUT2D eigenvalue weighted by Crippen LogP contribution is -2.18. The number of hydrogen-bond acceptors (Lipinski definition) is 2. The van der Waals surface area contributed by atoms with Crippen LogP contribution in [0.3, 0.4) is 0 Å². The first-order valence-corrected chi connectivity index (χ1v) is 6.95. The molecule has 0 saturated carbocycles. The van der Waals surface area contributed by atoms with Gasteiger partial charge in [0, 0.05) is 35.3 Å². The average molecular weight is 312 g/mol. The summed E-state index contributed by atoms with van der Waals surface area (Å²) in [6.45, 7) is 0.272. The summed E-state index contributed by atoms with van der Waals surface area (Å²) < 4.78 is 28.5. The lowest BCUT2D eigenvalue weighted by Gasteiger charge is -2.06. The topological polar surface area (TPSA) is 45.1 Å². The van der Waals surface area contributed by atoms with Crippen LogP contribution in [-0.2, 0) is 11.3 Å². The van der Waals surface area contributed by atoms with E-state index in [-0.39, 0.29) is 6.54 Å². The summed E-state index contributed by atoms with van der Waals surface area (Å²) in [5.74, 6) is -2.55. The predicted molar refractivity (Wildman–Crippen MR) is 81.4 cm³/mol. The molecule has 0 amide bonds. The number of nitrogens with zero attached hydrogens (tertiary/aromatic N) is 1. The van der Waals surface area contributed by atoms with Gasteiger partial charge in [0.2, 0.25) is 0 Å². The fraction of sp³-hybridized carbons (Fsp3) is 0.0556. The number of carboxylic acids is 1. The normalized spacial score (nSPS) is 11.4. The Bertz CT molecular complexity index is 892. The van der Waals surface area contributed by atoms with E-state index in [2.05, 4.69) is 0 Å². The van der Waals surface area contributed by atoms with Gasteiger partial charge in [0.05, 0.1) is 5.97 Å². The van der Waals surface area contributed by atoms with Gasteiger partial charge in [-0.05, 0) is 29.8 Å². The van der Waals surface area contributed by atoms with Crippen LogP contribution in [0.5, 0.6) is 0 Å². The minimum Gasteiger partial charge on any atom is -0.545 e. The number of aromatic nitrogens is 1. The molecule has 2 aromatic carbocycles. The highest BCUT2D eigenvalue weighted by molar-refractivity contribution is 5.93. The van der Waals surface area contributed by atoms with Crippen LogP contribution >= 0.6 is 0 Å². The minimum atomic E-state index is -1.28. The summed E-state index contributed by atoms with van der Waals surface area (Å²) in [6.07, 6.45) is 4.14. The molecule has 1 aromatic heterocycles. The third-order valence-electron chi connectivity index (χ3n) is 3.49. The van der Waals surface area contributed by atoms with E-state index >= 15 is 0 Å². The Kier molecular flexibility index (Phi) is 3.93. The van der Waals surface area contributed by atoms with Crippen molar-refractivity contribution in [2.45, 2.75) is 6.54 Å². The van der Waals surface area contributed by atoms with E-state index in [1.165, 1.54) is 18.2 Å². The SMILES string of the molecule is O=C([O-])/C=C/c1cn(Cc2cc(F)cc(F)c2)c2ccccc12. The molecule has 0 saturated heterocycles. The zero-order valence-electron chi connectivity index (χ0n) is 12.0. The second-order valence-electron chi connectivity index (χ2n) is 5.16. The molecule has 0 aliphatic carbocycles. The third kappa shape index (κ3) is 3.29. The van der Waals surface area contributed by atoms with Gasteiger partial charge in [0.15, 0.2) is 0 Å². The van der Waals surface area contributed by atoms with Gasteiger partial charge in [0.25, 0.3) is 0 Å². The Morgan fingerprint density at radius 1 is 1.13 bits per heavy atom. The molecule has 23 heavy (non-hydrogen) atoms. The number of halogens is 2. The van der Waals surface area contributed by atoms with Crippen LogP contribution in [0.2, 0.25) is 0 Å². The number of aliphatic carboxylic acids is 1. The van der Waals surface area contributed by atoms with Crippen LogP contribution in [0.25, 0.3) is 17.0 Å². The van der Waals surface area contributed by atoms with E-state index < -0.39 is 17.6 Å². The monoisotopic (exact) mass is 312 g/mol. The van der Waals surface area contributed by atoms with Crippen LogP contribution in [0.1, 0.15) is 11.1 Å². The van der Waals surface area contributed by atoms with Crippen molar-refractivity contribution in [3.63, 3.8) is 0 Å². The maximum Gasteiger partial charge on any atom is 0.126 e. The number of fused-ring (bicyclic) bond motifs is 1. The highest BCUT2D eigenvalue weighted by Gasteiger charge is 2.08. The Morgan fingerprint density at radius 2 is 1.83 bits per heavy atom. The molecule has 0 atom stereocenters. The molecule has 0 bridgehead atoms. The molecular weight excluding hydrogens is 300 g/mol. The van der Waals surface area contributed by atoms with Crippen molar-refractivity contribution < 1.29 is 18.7 Å². The number of hydrogen-bond donors (Lipinski definition) is 0. The maximum absolute atomic E-state index is 13.3. The maximum atomic E-state index is 13.3. The molecular formula is C18H12F2NO2-. The Morgan fingerprint density at radius 3 is 2.52 bits per heavy atom. The molecule has 3 nitrogen and oxygen atoms in total. The summed E-state index contributed by atoms with van der Waals surface area (Å²) in [5.41, 5.74) is 2.02. The number of para-hydroxylation sites is 1. The van der Waals surface area contributed by atoms with E-state index in [0.29, 0.717) is 11.1 Å². The molecule has 116 valence electrons. The van der Waals surface area contributed by atoms with Crippen molar-refractivity contribution in [1.82, 2.24) is 4.57 Å². The van der Waals surface area contributed by atoms with Gasteiger partial charge in [-0.1, -0.05) is 24.3 Å². The third-order valence-corrected chi connectivity index (χ3v) is 3.49. The first kappa shape index (κ1) is 15.0. The fourth-order valence-corrected chi connectivity index (χ4v) is 2.60. The molecule has 0 aliphatic heterocycles. The standard InChI is InChI=1S/C18H13F2NO2/c19-14-7-12(8-15(20)9-14)10-21-11-13(5-6-18(22)23)16-3-1-2-4-17(16)21/h1-9,11H,10H2,(H,22,23)/p-1/b6-5+. The van der Waals surface area contributed by atoms with Crippen molar-refractivity contribution in [3.8, 4) is 0 Å². The Labute approximate surface area is 131 Å². The molecule has 5 heteroatoms.